The van der Waals surface area contributed by atoms with Gasteiger partial charge in [0.1, 0.15) is 0 Å². The SMILES string of the molecule is CC(C)C1NCCOC12CCN(C)C2. The average Bonchev–Trinajstić information content (AvgIpc) is 2.48. The van der Waals surface area contributed by atoms with Gasteiger partial charge in [0.05, 0.1) is 12.2 Å². The van der Waals surface area contributed by atoms with E-state index in [4.69, 9.17) is 4.74 Å². The first-order valence-corrected chi connectivity index (χ1v) is 5.70. The summed E-state index contributed by atoms with van der Waals surface area (Å²) in [6.07, 6.45) is 1.18. The van der Waals surface area contributed by atoms with Crippen LogP contribution < -0.4 is 5.32 Å². The molecule has 3 nitrogen and oxygen atoms in total. The molecule has 0 aliphatic carbocycles. The van der Waals surface area contributed by atoms with Crippen molar-refractivity contribution in [1.82, 2.24) is 10.2 Å². The fourth-order valence-electron chi connectivity index (χ4n) is 2.95. The Kier molecular flexibility index (Phi) is 2.82. The summed E-state index contributed by atoms with van der Waals surface area (Å²) in [5.41, 5.74) is 0.0984. The number of ether oxygens (including phenoxy) is 1. The molecule has 0 amide bonds. The largest absolute Gasteiger partial charge is 0.371 e. The lowest BCUT2D eigenvalue weighted by atomic mass is 9.84. The van der Waals surface area contributed by atoms with E-state index < -0.39 is 0 Å². The third kappa shape index (κ3) is 1.69. The Morgan fingerprint density at radius 2 is 2.29 bits per heavy atom. The van der Waals surface area contributed by atoms with Crippen LogP contribution in [0.3, 0.4) is 0 Å². The molecule has 0 radical (unpaired) electrons. The summed E-state index contributed by atoms with van der Waals surface area (Å²) < 4.78 is 6.07. The minimum Gasteiger partial charge on any atom is -0.371 e. The van der Waals surface area contributed by atoms with E-state index in [2.05, 4.69) is 31.1 Å². The molecule has 2 aliphatic heterocycles. The molecule has 0 bridgehead atoms. The molecule has 1 N–H and O–H groups in total. The summed E-state index contributed by atoms with van der Waals surface area (Å²) in [5.74, 6) is 0.654. The zero-order valence-corrected chi connectivity index (χ0v) is 9.55. The van der Waals surface area contributed by atoms with Gasteiger partial charge in [-0.1, -0.05) is 13.8 Å². The van der Waals surface area contributed by atoms with E-state index in [0.29, 0.717) is 12.0 Å². The monoisotopic (exact) mass is 198 g/mol. The molecule has 3 heteroatoms. The summed E-state index contributed by atoms with van der Waals surface area (Å²) >= 11 is 0. The van der Waals surface area contributed by atoms with Crippen LogP contribution in [-0.4, -0.2) is 49.8 Å². The Morgan fingerprint density at radius 3 is 2.86 bits per heavy atom. The van der Waals surface area contributed by atoms with Gasteiger partial charge in [-0.05, 0) is 19.4 Å². The van der Waals surface area contributed by atoms with Crippen molar-refractivity contribution in [2.45, 2.75) is 31.9 Å². The van der Waals surface area contributed by atoms with Gasteiger partial charge in [0.2, 0.25) is 0 Å². The zero-order chi connectivity index (χ0) is 10.2. The first kappa shape index (κ1) is 10.4. The van der Waals surface area contributed by atoms with Crippen LogP contribution in [-0.2, 0) is 4.74 Å². The highest BCUT2D eigenvalue weighted by Gasteiger charge is 2.47. The topological polar surface area (TPSA) is 24.5 Å². The Labute approximate surface area is 86.8 Å². The molecule has 2 rings (SSSR count). The van der Waals surface area contributed by atoms with Crippen LogP contribution in [0.1, 0.15) is 20.3 Å². The third-order valence-corrected chi connectivity index (χ3v) is 3.54. The van der Waals surface area contributed by atoms with Gasteiger partial charge in [-0.2, -0.15) is 0 Å². The lowest BCUT2D eigenvalue weighted by Crippen LogP contribution is -2.61. The summed E-state index contributed by atoms with van der Waals surface area (Å²) in [7, 11) is 2.18. The molecule has 2 heterocycles. The van der Waals surface area contributed by atoms with Crippen molar-refractivity contribution < 1.29 is 4.74 Å². The van der Waals surface area contributed by atoms with Gasteiger partial charge in [0.25, 0.3) is 0 Å². The van der Waals surface area contributed by atoms with Crippen LogP contribution in [0.15, 0.2) is 0 Å². The van der Waals surface area contributed by atoms with E-state index in [-0.39, 0.29) is 5.60 Å². The molecule has 2 saturated heterocycles. The number of nitrogens with zero attached hydrogens (tertiary/aromatic N) is 1. The van der Waals surface area contributed by atoms with Crippen molar-refractivity contribution in [1.29, 1.82) is 0 Å². The van der Waals surface area contributed by atoms with Crippen LogP contribution in [0.5, 0.6) is 0 Å². The number of nitrogens with one attached hydrogen (secondary N) is 1. The smallest absolute Gasteiger partial charge is 0.0975 e. The fourth-order valence-corrected chi connectivity index (χ4v) is 2.95. The maximum Gasteiger partial charge on any atom is 0.0975 e. The van der Waals surface area contributed by atoms with Crippen molar-refractivity contribution >= 4 is 0 Å². The maximum absolute atomic E-state index is 6.07. The van der Waals surface area contributed by atoms with Gasteiger partial charge >= 0.3 is 0 Å². The number of hydrogen-bond donors (Lipinski definition) is 1. The van der Waals surface area contributed by atoms with Crippen molar-refractivity contribution in [3.8, 4) is 0 Å². The molecular weight excluding hydrogens is 176 g/mol. The van der Waals surface area contributed by atoms with E-state index in [1.807, 2.05) is 0 Å². The van der Waals surface area contributed by atoms with Crippen molar-refractivity contribution in [2.24, 2.45) is 5.92 Å². The molecule has 82 valence electrons. The van der Waals surface area contributed by atoms with Crippen LogP contribution in [0.2, 0.25) is 0 Å². The van der Waals surface area contributed by atoms with Crippen molar-refractivity contribution in [3.05, 3.63) is 0 Å². The van der Waals surface area contributed by atoms with E-state index in [0.717, 1.165) is 19.7 Å². The predicted molar refractivity (Wildman–Crippen MR) is 57.4 cm³/mol. The average molecular weight is 198 g/mol. The predicted octanol–water partition coefficient (Wildman–Crippen LogP) is 0.705. The quantitative estimate of drug-likeness (QED) is 0.671. The molecule has 2 fully saturated rings. The van der Waals surface area contributed by atoms with Crippen LogP contribution in [0, 0.1) is 5.92 Å². The first-order valence-electron chi connectivity index (χ1n) is 5.70. The van der Waals surface area contributed by atoms with Gasteiger partial charge in [-0.25, -0.2) is 0 Å². The van der Waals surface area contributed by atoms with E-state index in [1.54, 1.807) is 0 Å². The van der Waals surface area contributed by atoms with Gasteiger partial charge < -0.3 is 15.0 Å². The molecule has 2 aliphatic rings. The highest BCUT2D eigenvalue weighted by Crippen LogP contribution is 2.33. The summed E-state index contributed by atoms with van der Waals surface area (Å²) in [5, 5.41) is 3.62. The fraction of sp³-hybridized carbons (Fsp3) is 1.00. The van der Waals surface area contributed by atoms with Crippen LogP contribution in [0.4, 0.5) is 0 Å². The Bertz CT molecular complexity index is 203. The van der Waals surface area contributed by atoms with Gasteiger partial charge in [-0.15, -0.1) is 0 Å². The molecule has 14 heavy (non-hydrogen) atoms. The number of morpholine rings is 1. The molecule has 2 unspecified atom stereocenters. The Hall–Kier alpha value is -0.120. The molecule has 0 saturated carbocycles. The number of likely N-dealkylation sites (tertiary alicyclic amines) is 1. The van der Waals surface area contributed by atoms with Gasteiger partial charge in [0, 0.05) is 25.7 Å². The van der Waals surface area contributed by atoms with Crippen LogP contribution in [0.25, 0.3) is 0 Å². The van der Waals surface area contributed by atoms with Crippen LogP contribution >= 0.6 is 0 Å². The molecule has 0 aromatic carbocycles. The van der Waals surface area contributed by atoms with Gasteiger partial charge in [-0.3, -0.25) is 0 Å². The minimum absolute atomic E-state index is 0.0984. The summed E-state index contributed by atoms with van der Waals surface area (Å²) in [6, 6.07) is 0.529. The molecule has 0 aromatic rings. The van der Waals surface area contributed by atoms with Crippen molar-refractivity contribution in [3.63, 3.8) is 0 Å². The highest BCUT2D eigenvalue weighted by molar-refractivity contribution is 5.03. The number of hydrogen-bond acceptors (Lipinski definition) is 3. The molecular formula is C11H22N2O. The molecule has 1 spiro atoms. The summed E-state index contributed by atoms with van der Waals surface area (Å²) in [6.45, 7) is 8.71. The van der Waals surface area contributed by atoms with E-state index in [9.17, 15) is 0 Å². The highest BCUT2D eigenvalue weighted by atomic mass is 16.5. The lowest BCUT2D eigenvalue weighted by molar-refractivity contribution is -0.0981. The lowest BCUT2D eigenvalue weighted by Gasteiger charge is -2.44. The van der Waals surface area contributed by atoms with Gasteiger partial charge in [0.15, 0.2) is 0 Å². The number of rotatable bonds is 1. The Balaban J connectivity index is 2.13. The maximum atomic E-state index is 6.07. The second-order valence-corrected chi connectivity index (χ2v) is 5.08. The second-order valence-electron chi connectivity index (χ2n) is 5.08. The van der Waals surface area contributed by atoms with E-state index >= 15 is 0 Å². The normalized spacial score (nSPS) is 39.9. The second kappa shape index (κ2) is 3.80. The zero-order valence-electron chi connectivity index (χ0n) is 9.55. The van der Waals surface area contributed by atoms with Crippen molar-refractivity contribution in [2.75, 3.05) is 33.3 Å². The Morgan fingerprint density at radius 1 is 1.50 bits per heavy atom. The minimum atomic E-state index is 0.0984. The molecule has 0 aromatic heterocycles. The first-order chi connectivity index (χ1) is 6.64. The molecule has 2 atom stereocenters. The standard InChI is InChI=1S/C11H22N2O/c1-9(2)10-11(14-7-5-12-10)4-6-13(3)8-11/h9-10,12H,4-8H2,1-3H3. The number of likely N-dealkylation sites (N-methyl/N-ethyl adjacent to an activating group) is 1. The van der Waals surface area contributed by atoms with E-state index in [1.165, 1.54) is 13.0 Å². The third-order valence-electron chi connectivity index (χ3n) is 3.54. The summed E-state index contributed by atoms with van der Waals surface area (Å²) in [4.78, 5) is 2.38.